The molecular weight excluding hydrogens is 212 g/mol. The van der Waals surface area contributed by atoms with E-state index in [1.165, 1.54) is 32.3 Å². The molecule has 3 aromatic rings. The van der Waals surface area contributed by atoms with Gasteiger partial charge >= 0.3 is 0 Å². The maximum absolute atomic E-state index is 2.29. The van der Waals surface area contributed by atoms with Gasteiger partial charge in [0.05, 0.1) is 0 Å². The minimum absolute atomic E-state index is 1.09. The molecule has 1 heteroatoms. The highest BCUT2D eigenvalue weighted by atomic mass is 32.1. The predicted octanol–water partition coefficient (Wildman–Crippen LogP) is 4.47. The lowest BCUT2D eigenvalue weighted by Crippen LogP contribution is -1.78. The summed E-state index contributed by atoms with van der Waals surface area (Å²) in [5, 5.41) is 3.61. The van der Waals surface area contributed by atoms with E-state index >= 15 is 0 Å². The highest BCUT2D eigenvalue weighted by Gasteiger charge is 2.19. The molecule has 0 N–H and O–H groups in total. The van der Waals surface area contributed by atoms with Crippen LogP contribution in [0, 0.1) is 0 Å². The van der Waals surface area contributed by atoms with Crippen molar-refractivity contribution in [1.82, 2.24) is 0 Å². The van der Waals surface area contributed by atoms with Gasteiger partial charge in [-0.2, -0.15) is 0 Å². The molecule has 1 aromatic heterocycles. The highest BCUT2D eigenvalue weighted by Crippen LogP contribution is 2.42. The van der Waals surface area contributed by atoms with Crippen LogP contribution in [-0.2, 0) is 6.42 Å². The topological polar surface area (TPSA) is 0 Å². The second kappa shape index (κ2) is 2.96. The number of fused-ring (bicyclic) bond motifs is 5. The van der Waals surface area contributed by atoms with Gasteiger partial charge in [-0.1, -0.05) is 30.3 Å². The minimum Gasteiger partial charge on any atom is -0.144 e. The Morgan fingerprint density at radius 2 is 1.81 bits per heavy atom. The third kappa shape index (κ3) is 0.987. The lowest BCUT2D eigenvalue weighted by atomic mass is 10.0. The molecule has 4 rings (SSSR count). The molecule has 1 aliphatic carbocycles. The van der Waals surface area contributed by atoms with Crippen LogP contribution in [0.1, 0.15) is 11.1 Å². The Bertz CT molecular complexity index is 691. The maximum Gasteiger partial charge on any atom is 0.0349 e. The molecular formula is C15H10S. The minimum atomic E-state index is 1.09. The van der Waals surface area contributed by atoms with Crippen LogP contribution in [0.4, 0.5) is 0 Å². The fourth-order valence-electron chi connectivity index (χ4n) is 2.68. The second-order valence-electron chi connectivity index (χ2n) is 4.27. The van der Waals surface area contributed by atoms with Crippen LogP contribution in [0.3, 0.4) is 0 Å². The van der Waals surface area contributed by atoms with E-state index in [9.17, 15) is 0 Å². The van der Waals surface area contributed by atoms with E-state index < -0.39 is 0 Å². The first kappa shape index (κ1) is 8.54. The summed E-state index contributed by atoms with van der Waals surface area (Å²) in [5.41, 5.74) is 5.85. The van der Waals surface area contributed by atoms with Crippen molar-refractivity contribution in [2.24, 2.45) is 0 Å². The third-order valence-electron chi connectivity index (χ3n) is 3.39. The van der Waals surface area contributed by atoms with E-state index in [1.807, 2.05) is 11.3 Å². The van der Waals surface area contributed by atoms with Crippen LogP contribution in [-0.4, -0.2) is 0 Å². The Hall–Kier alpha value is -1.60. The normalized spacial score (nSPS) is 12.8. The van der Waals surface area contributed by atoms with Crippen molar-refractivity contribution in [3.05, 3.63) is 59.0 Å². The fourth-order valence-corrected chi connectivity index (χ4v) is 3.47. The summed E-state index contributed by atoms with van der Waals surface area (Å²) in [6, 6.07) is 15.6. The Morgan fingerprint density at radius 1 is 0.875 bits per heavy atom. The third-order valence-corrected chi connectivity index (χ3v) is 4.27. The van der Waals surface area contributed by atoms with Crippen molar-refractivity contribution in [3.8, 4) is 11.1 Å². The largest absolute Gasteiger partial charge is 0.144 e. The number of rotatable bonds is 0. The molecule has 0 fully saturated rings. The van der Waals surface area contributed by atoms with E-state index in [4.69, 9.17) is 0 Å². The fraction of sp³-hybridized carbons (Fsp3) is 0.0667. The smallest absolute Gasteiger partial charge is 0.0349 e. The molecule has 0 radical (unpaired) electrons. The van der Waals surface area contributed by atoms with Crippen molar-refractivity contribution in [2.45, 2.75) is 6.42 Å². The predicted molar refractivity (Wildman–Crippen MR) is 70.1 cm³/mol. The summed E-state index contributed by atoms with van der Waals surface area (Å²) in [6.45, 7) is 0. The highest BCUT2D eigenvalue weighted by molar-refractivity contribution is 7.17. The summed E-state index contributed by atoms with van der Waals surface area (Å²) in [5.74, 6) is 0. The van der Waals surface area contributed by atoms with Gasteiger partial charge in [-0.25, -0.2) is 0 Å². The van der Waals surface area contributed by atoms with E-state index in [1.54, 1.807) is 0 Å². The number of thiophene rings is 1. The van der Waals surface area contributed by atoms with Gasteiger partial charge in [0, 0.05) is 10.1 Å². The van der Waals surface area contributed by atoms with E-state index in [-0.39, 0.29) is 0 Å². The second-order valence-corrected chi connectivity index (χ2v) is 5.21. The van der Waals surface area contributed by atoms with Crippen molar-refractivity contribution in [3.63, 3.8) is 0 Å². The van der Waals surface area contributed by atoms with E-state index in [0.29, 0.717) is 0 Å². The van der Waals surface area contributed by atoms with Gasteiger partial charge in [0.15, 0.2) is 0 Å². The molecule has 0 bridgehead atoms. The van der Waals surface area contributed by atoms with E-state index in [2.05, 4.69) is 47.8 Å². The van der Waals surface area contributed by atoms with Crippen LogP contribution in [0.15, 0.2) is 47.8 Å². The molecule has 16 heavy (non-hydrogen) atoms. The van der Waals surface area contributed by atoms with Gasteiger partial charge in [-0.05, 0) is 46.2 Å². The van der Waals surface area contributed by atoms with Gasteiger partial charge in [-0.3, -0.25) is 0 Å². The molecule has 0 amide bonds. The van der Waals surface area contributed by atoms with Crippen LogP contribution >= 0.6 is 11.3 Å². The lowest BCUT2D eigenvalue weighted by Gasteiger charge is -2.02. The summed E-state index contributed by atoms with van der Waals surface area (Å²) < 4.78 is 1.40. The molecule has 0 saturated carbocycles. The van der Waals surface area contributed by atoms with E-state index in [0.717, 1.165) is 6.42 Å². The van der Waals surface area contributed by atoms with Crippen LogP contribution in [0.5, 0.6) is 0 Å². The molecule has 0 atom stereocenters. The Morgan fingerprint density at radius 3 is 2.81 bits per heavy atom. The first-order valence-corrected chi connectivity index (χ1v) is 6.39. The Labute approximate surface area is 98.2 Å². The number of benzene rings is 2. The first-order valence-electron chi connectivity index (χ1n) is 5.51. The average Bonchev–Trinajstić information content (AvgIpc) is 2.91. The molecule has 0 saturated heterocycles. The zero-order valence-electron chi connectivity index (χ0n) is 8.73. The van der Waals surface area contributed by atoms with Crippen LogP contribution in [0.25, 0.3) is 21.2 Å². The SMILES string of the molecule is c1ccc2c(c1)Cc1ccc3sccc3c1-2. The van der Waals surface area contributed by atoms with Gasteiger partial charge in [0.1, 0.15) is 0 Å². The number of hydrogen-bond donors (Lipinski definition) is 0. The summed E-state index contributed by atoms with van der Waals surface area (Å²) >= 11 is 1.83. The Balaban J connectivity index is 2.18. The standard InChI is InChI=1S/C15H10S/c1-2-4-12-10(3-1)9-11-5-6-14-13(15(11)12)7-8-16-14/h1-8H,9H2. The lowest BCUT2D eigenvalue weighted by molar-refractivity contribution is 1.27. The van der Waals surface area contributed by atoms with Crippen molar-refractivity contribution < 1.29 is 0 Å². The molecule has 1 heterocycles. The molecule has 0 nitrogen and oxygen atoms in total. The molecule has 0 spiro atoms. The maximum atomic E-state index is 2.29. The summed E-state index contributed by atoms with van der Waals surface area (Å²) in [4.78, 5) is 0. The summed E-state index contributed by atoms with van der Waals surface area (Å²) in [6.07, 6.45) is 1.09. The van der Waals surface area contributed by atoms with Crippen LogP contribution in [0.2, 0.25) is 0 Å². The molecule has 0 aliphatic heterocycles. The molecule has 2 aromatic carbocycles. The molecule has 1 aliphatic rings. The molecule has 76 valence electrons. The quantitative estimate of drug-likeness (QED) is 0.411. The zero-order chi connectivity index (χ0) is 10.5. The monoisotopic (exact) mass is 222 g/mol. The number of hydrogen-bond acceptors (Lipinski definition) is 1. The van der Waals surface area contributed by atoms with Crippen molar-refractivity contribution >= 4 is 21.4 Å². The summed E-state index contributed by atoms with van der Waals surface area (Å²) in [7, 11) is 0. The first-order chi connectivity index (χ1) is 7.93. The van der Waals surface area contributed by atoms with Gasteiger partial charge in [0.2, 0.25) is 0 Å². The zero-order valence-corrected chi connectivity index (χ0v) is 9.55. The average molecular weight is 222 g/mol. The van der Waals surface area contributed by atoms with Gasteiger partial charge in [0.25, 0.3) is 0 Å². The molecule has 0 unspecified atom stereocenters. The van der Waals surface area contributed by atoms with Crippen molar-refractivity contribution in [2.75, 3.05) is 0 Å². The van der Waals surface area contributed by atoms with Crippen LogP contribution < -0.4 is 0 Å². The van der Waals surface area contributed by atoms with Gasteiger partial charge in [-0.15, -0.1) is 11.3 Å². The van der Waals surface area contributed by atoms with Crippen molar-refractivity contribution in [1.29, 1.82) is 0 Å². The Kier molecular flexibility index (Phi) is 1.58. The van der Waals surface area contributed by atoms with Gasteiger partial charge < -0.3 is 0 Å².